The van der Waals surface area contributed by atoms with Gasteiger partial charge < -0.3 is 19.4 Å². The summed E-state index contributed by atoms with van der Waals surface area (Å²) in [5.41, 5.74) is 0. The topological polar surface area (TPSA) is 54.7 Å². The molecule has 2 saturated heterocycles. The van der Waals surface area contributed by atoms with Crippen LogP contribution in [-0.4, -0.2) is 36.0 Å². The molecule has 3 aromatic rings. The highest BCUT2D eigenvalue weighted by molar-refractivity contribution is 5.91. The number of hydrogen-bond donors (Lipinski definition) is 1. The third-order valence-corrected chi connectivity index (χ3v) is 5.78. The molecule has 2 unspecified atom stereocenters. The standard InChI is InChI=1S/C23H24N2O3/c26-23(25-12-11-18-6-7-19(14-25)24-18)22-10-9-21(28-22)15-27-20-8-5-16-3-1-2-4-17(16)13-20/h1-5,8-10,13,18-19,24H,6-7,11-12,14-15H2. The van der Waals surface area contributed by atoms with E-state index in [9.17, 15) is 4.79 Å². The molecule has 0 aliphatic carbocycles. The van der Waals surface area contributed by atoms with Crippen molar-refractivity contribution >= 4 is 16.7 Å². The number of hydrogen-bond acceptors (Lipinski definition) is 4. The van der Waals surface area contributed by atoms with Gasteiger partial charge in [0, 0.05) is 25.2 Å². The molecular weight excluding hydrogens is 352 g/mol. The summed E-state index contributed by atoms with van der Waals surface area (Å²) in [7, 11) is 0. The van der Waals surface area contributed by atoms with E-state index < -0.39 is 0 Å². The second kappa shape index (κ2) is 7.32. The summed E-state index contributed by atoms with van der Waals surface area (Å²) in [6.07, 6.45) is 3.39. The first kappa shape index (κ1) is 17.3. The van der Waals surface area contributed by atoms with Gasteiger partial charge in [-0.3, -0.25) is 4.79 Å². The second-order valence-corrected chi connectivity index (χ2v) is 7.74. The highest BCUT2D eigenvalue weighted by atomic mass is 16.5. The van der Waals surface area contributed by atoms with E-state index in [1.165, 1.54) is 11.8 Å². The van der Waals surface area contributed by atoms with E-state index in [0.29, 0.717) is 30.2 Å². The zero-order valence-corrected chi connectivity index (χ0v) is 15.8. The highest BCUT2D eigenvalue weighted by Gasteiger charge is 2.32. The lowest BCUT2D eigenvalue weighted by Crippen LogP contribution is -2.38. The fourth-order valence-electron chi connectivity index (χ4n) is 4.27. The Morgan fingerprint density at radius 1 is 1.04 bits per heavy atom. The molecule has 0 saturated carbocycles. The van der Waals surface area contributed by atoms with Gasteiger partial charge in [-0.2, -0.15) is 0 Å². The number of furan rings is 1. The maximum atomic E-state index is 12.8. The van der Waals surface area contributed by atoms with Crippen LogP contribution in [-0.2, 0) is 6.61 Å². The summed E-state index contributed by atoms with van der Waals surface area (Å²) in [4.78, 5) is 14.7. The molecule has 2 aliphatic heterocycles. The van der Waals surface area contributed by atoms with Crippen molar-refractivity contribution in [2.24, 2.45) is 0 Å². The summed E-state index contributed by atoms with van der Waals surface area (Å²) >= 11 is 0. The molecule has 1 amide bonds. The minimum atomic E-state index is -0.0219. The Morgan fingerprint density at radius 3 is 2.82 bits per heavy atom. The number of amides is 1. The van der Waals surface area contributed by atoms with E-state index in [0.717, 1.165) is 37.1 Å². The first-order valence-electron chi connectivity index (χ1n) is 10.0. The number of carbonyl (C=O) groups is 1. The Kier molecular flexibility index (Phi) is 4.53. The first-order chi connectivity index (χ1) is 13.7. The minimum Gasteiger partial charge on any atom is -0.486 e. The van der Waals surface area contributed by atoms with E-state index in [4.69, 9.17) is 9.15 Å². The lowest BCUT2D eigenvalue weighted by Gasteiger charge is -2.23. The minimum absolute atomic E-state index is 0.0219. The molecule has 0 spiro atoms. The molecule has 2 fully saturated rings. The van der Waals surface area contributed by atoms with E-state index in [2.05, 4.69) is 17.4 Å². The van der Waals surface area contributed by atoms with Crippen molar-refractivity contribution in [1.82, 2.24) is 10.2 Å². The number of nitrogens with zero attached hydrogens (tertiary/aromatic N) is 1. The number of nitrogens with one attached hydrogen (secondary N) is 1. The molecule has 144 valence electrons. The summed E-state index contributed by atoms with van der Waals surface area (Å²) in [5.74, 6) is 1.82. The monoisotopic (exact) mass is 376 g/mol. The Bertz CT molecular complexity index is 996. The lowest BCUT2D eigenvalue weighted by atomic mass is 10.1. The molecule has 28 heavy (non-hydrogen) atoms. The van der Waals surface area contributed by atoms with Crippen LogP contribution in [0, 0.1) is 0 Å². The number of ether oxygens (including phenoxy) is 1. The van der Waals surface area contributed by atoms with Gasteiger partial charge in [0.05, 0.1) is 0 Å². The van der Waals surface area contributed by atoms with Gasteiger partial charge in [0.2, 0.25) is 0 Å². The molecule has 2 aromatic carbocycles. The van der Waals surface area contributed by atoms with Gasteiger partial charge in [0.1, 0.15) is 18.1 Å². The molecule has 2 aliphatic rings. The molecule has 1 N–H and O–H groups in total. The normalized spacial score (nSPS) is 21.6. The Balaban J connectivity index is 1.23. The predicted octanol–water partition coefficient (Wildman–Crippen LogP) is 3.98. The Labute approximate surface area is 164 Å². The Morgan fingerprint density at radius 2 is 1.89 bits per heavy atom. The van der Waals surface area contributed by atoms with E-state index in [1.54, 1.807) is 6.07 Å². The van der Waals surface area contributed by atoms with Gasteiger partial charge in [0.15, 0.2) is 5.76 Å². The molecule has 5 nitrogen and oxygen atoms in total. The third-order valence-electron chi connectivity index (χ3n) is 5.78. The van der Waals surface area contributed by atoms with E-state index in [-0.39, 0.29) is 5.91 Å². The van der Waals surface area contributed by atoms with Gasteiger partial charge in [-0.15, -0.1) is 0 Å². The van der Waals surface area contributed by atoms with Gasteiger partial charge in [-0.25, -0.2) is 0 Å². The SMILES string of the molecule is O=C(c1ccc(COc2ccc3ccccc3c2)o1)N1CCC2CCC(C1)N2. The van der Waals surface area contributed by atoms with Crippen LogP contribution in [0.25, 0.3) is 10.8 Å². The van der Waals surface area contributed by atoms with Crippen LogP contribution in [0.3, 0.4) is 0 Å². The van der Waals surface area contributed by atoms with Crippen molar-refractivity contribution in [2.75, 3.05) is 13.1 Å². The molecule has 2 atom stereocenters. The molecule has 3 heterocycles. The van der Waals surface area contributed by atoms with Crippen LogP contribution in [0.4, 0.5) is 0 Å². The number of benzene rings is 2. The average Bonchev–Trinajstić information content (AvgIpc) is 3.32. The van der Waals surface area contributed by atoms with Crippen molar-refractivity contribution in [3.8, 4) is 5.75 Å². The summed E-state index contributed by atoms with van der Waals surface area (Å²) < 4.78 is 11.7. The number of rotatable bonds is 4. The predicted molar refractivity (Wildman–Crippen MR) is 107 cm³/mol. The lowest BCUT2D eigenvalue weighted by molar-refractivity contribution is 0.0712. The Hall–Kier alpha value is -2.79. The zero-order valence-electron chi connectivity index (χ0n) is 15.8. The van der Waals surface area contributed by atoms with E-state index >= 15 is 0 Å². The molecular formula is C23H24N2O3. The van der Waals surface area contributed by atoms with Crippen molar-refractivity contribution in [1.29, 1.82) is 0 Å². The van der Waals surface area contributed by atoms with Gasteiger partial charge >= 0.3 is 0 Å². The molecule has 0 radical (unpaired) electrons. The molecule has 5 heteroatoms. The van der Waals surface area contributed by atoms with Crippen molar-refractivity contribution in [3.05, 3.63) is 66.1 Å². The third kappa shape index (κ3) is 3.50. The largest absolute Gasteiger partial charge is 0.486 e. The number of carbonyl (C=O) groups excluding carboxylic acids is 1. The van der Waals surface area contributed by atoms with Crippen molar-refractivity contribution in [2.45, 2.75) is 38.0 Å². The van der Waals surface area contributed by atoms with Crippen LogP contribution >= 0.6 is 0 Å². The number of likely N-dealkylation sites (tertiary alicyclic amines) is 1. The zero-order chi connectivity index (χ0) is 18.9. The summed E-state index contributed by atoms with van der Waals surface area (Å²) in [5, 5.41) is 5.92. The van der Waals surface area contributed by atoms with Crippen LogP contribution in [0.1, 0.15) is 35.6 Å². The van der Waals surface area contributed by atoms with Crippen LogP contribution in [0.5, 0.6) is 5.75 Å². The van der Waals surface area contributed by atoms with Crippen LogP contribution < -0.4 is 10.1 Å². The average molecular weight is 376 g/mol. The van der Waals surface area contributed by atoms with Crippen molar-refractivity contribution < 1.29 is 13.9 Å². The first-order valence-corrected chi connectivity index (χ1v) is 10.0. The fourth-order valence-corrected chi connectivity index (χ4v) is 4.27. The van der Waals surface area contributed by atoms with E-state index in [1.807, 2.05) is 41.3 Å². The maximum Gasteiger partial charge on any atom is 0.289 e. The second-order valence-electron chi connectivity index (χ2n) is 7.74. The molecule has 2 bridgehead atoms. The van der Waals surface area contributed by atoms with Gasteiger partial charge in [0.25, 0.3) is 5.91 Å². The van der Waals surface area contributed by atoms with Crippen LogP contribution in [0.15, 0.2) is 59.0 Å². The van der Waals surface area contributed by atoms with Gasteiger partial charge in [-0.05, 0) is 54.3 Å². The summed E-state index contributed by atoms with van der Waals surface area (Å²) in [6, 6.07) is 18.8. The maximum absolute atomic E-state index is 12.8. The summed E-state index contributed by atoms with van der Waals surface area (Å²) in [6.45, 7) is 1.85. The quantitative estimate of drug-likeness (QED) is 0.748. The van der Waals surface area contributed by atoms with Crippen LogP contribution in [0.2, 0.25) is 0 Å². The van der Waals surface area contributed by atoms with Crippen molar-refractivity contribution in [3.63, 3.8) is 0 Å². The molecule has 5 rings (SSSR count). The smallest absolute Gasteiger partial charge is 0.289 e. The molecule has 1 aromatic heterocycles. The van der Waals surface area contributed by atoms with Gasteiger partial charge in [-0.1, -0.05) is 30.3 Å². The highest BCUT2D eigenvalue weighted by Crippen LogP contribution is 2.24. The fraction of sp³-hybridized carbons (Fsp3) is 0.348. The number of fused-ring (bicyclic) bond motifs is 3.